The number of fused-ring (bicyclic) bond motifs is 21. The van der Waals surface area contributed by atoms with E-state index in [-0.39, 0.29) is 17.0 Å². The van der Waals surface area contributed by atoms with E-state index in [0.717, 1.165) is 59.7 Å². The molecule has 2 nitrogen and oxygen atoms in total. The molecule has 15 aromatic rings. The highest BCUT2D eigenvalue weighted by Gasteiger charge is 2.55. The smallest absolute Gasteiger partial charge is 0.123 e. The van der Waals surface area contributed by atoms with Crippen LogP contribution in [-0.4, -0.2) is 0 Å². The van der Waals surface area contributed by atoms with Gasteiger partial charge in [-0.15, -0.1) is 34.0 Å². The summed E-state index contributed by atoms with van der Waals surface area (Å²) in [6.45, 7) is 4.76. The highest BCUT2D eigenvalue weighted by molar-refractivity contribution is 7.27. The number of anilines is 6. The van der Waals surface area contributed by atoms with Crippen LogP contribution in [0, 0.1) is 11.6 Å². The fraction of sp³-hybridized carbons (Fsp3) is 0.0541. The predicted molar refractivity (Wildman–Crippen MR) is 341 cm³/mol. The topological polar surface area (TPSA) is 6.48 Å². The molecule has 2 aliphatic carbocycles. The lowest BCUT2D eigenvalue weighted by Crippen LogP contribution is -2.40. The molecule has 1 spiro atoms. The van der Waals surface area contributed by atoms with Gasteiger partial charge in [0.1, 0.15) is 11.6 Å². The number of nitrogens with zero attached hydrogens (tertiary/aromatic N) is 2. The van der Waals surface area contributed by atoms with E-state index in [1.165, 1.54) is 90.2 Å². The van der Waals surface area contributed by atoms with Crippen LogP contribution in [0.15, 0.2) is 243 Å². The summed E-state index contributed by atoms with van der Waals surface area (Å²) in [5.41, 5.74) is 14.4. The summed E-state index contributed by atoms with van der Waals surface area (Å²) in [4.78, 5) is 4.81. The Balaban J connectivity index is 1.07. The molecule has 0 fully saturated rings. The molecule has 12 aromatic carbocycles. The predicted octanol–water partition coefficient (Wildman–Crippen LogP) is 22.2. The van der Waals surface area contributed by atoms with Crippen LogP contribution >= 0.6 is 34.0 Å². The second-order valence-corrected chi connectivity index (χ2v) is 25.2. The summed E-state index contributed by atoms with van der Waals surface area (Å²) in [6, 6.07) is 85.9. The SMILES string of the molecule is CC1(C)c2ccccc2C2(c3ccccc31)c1cc(N(c3ccc(F)cc3)c3cccc4c3sc3ccccc34)c3ccccc3c1-c1c2cc(N(c2ccc(F)cc2)c2cccc3c2sc2ccccc23)c2c1sc1ccccc12. The number of halogens is 2. The molecule has 0 atom stereocenters. The molecule has 0 bridgehead atoms. The van der Waals surface area contributed by atoms with Gasteiger partial charge in [-0.25, -0.2) is 8.78 Å². The molecule has 384 valence electrons. The number of hydrogen-bond acceptors (Lipinski definition) is 5. The summed E-state index contributed by atoms with van der Waals surface area (Å²) < 4.78 is 37.9. The Morgan fingerprint density at radius 1 is 0.309 bits per heavy atom. The first-order valence-electron chi connectivity index (χ1n) is 27.4. The normalized spacial score (nSPS) is 13.9. The van der Waals surface area contributed by atoms with Crippen LogP contribution in [0.2, 0.25) is 0 Å². The van der Waals surface area contributed by atoms with Crippen molar-refractivity contribution in [2.24, 2.45) is 0 Å². The van der Waals surface area contributed by atoms with E-state index in [9.17, 15) is 0 Å². The van der Waals surface area contributed by atoms with Gasteiger partial charge in [0.2, 0.25) is 0 Å². The average molecular weight is 1100 g/mol. The molecule has 17 rings (SSSR count). The fourth-order valence-electron chi connectivity index (χ4n) is 14.2. The maximum absolute atomic E-state index is 15.4. The maximum Gasteiger partial charge on any atom is 0.123 e. The summed E-state index contributed by atoms with van der Waals surface area (Å²) >= 11 is 5.47. The van der Waals surface area contributed by atoms with Crippen LogP contribution in [0.1, 0.15) is 47.2 Å². The van der Waals surface area contributed by atoms with Crippen molar-refractivity contribution in [3.63, 3.8) is 0 Å². The maximum atomic E-state index is 15.4. The van der Waals surface area contributed by atoms with Crippen LogP contribution in [0.4, 0.5) is 42.9 Å². The number of rotatable bonds is 6. The van der Waals surface area contributed by atoms with Gasteiger partial charge in [-0.2, -0.15) is 0 Å². The van der Waals surface area contributed by atoms with Gasteiger partial charge in [-0.05, 0) is 135 Å². The second kappa shape index (κ2) is 17.3. The van der Waals surface area contributed by atoms with E-state index in [1.54, 1.807) is 46.9 Å². The summed E-state index contributed by atoms with van der Waals surface area (Å²) in [5.74, 6) is -0.571. The number of hydrogen-bond donors (Lipinski definition) is 0. The zero-order valence-electron chi connectivity index (χ0n) is 44.0. The van der Waals surface area contributed by atoms with Crippen LogP contribution in [0.25, 0.3) is 82.4 Å². The largest absolute Gasteiger partial charge is 0.308 e. The zero-order valence-corrected chi connectivity index (χ0v) is 46.4. The monoisotopic (exact) mass is 1100 g/mol. The van der Waals surface area contributed by atoms with Gasteiger partial charge in [-0.3, -0.25) is 0 Å². The summed E-state index contributed by atoms with van der Waals surface area (Å²) in [5, 5.41) is 9.33. The van der Waals surface area contributed by atoms with E-state index in [0.29, 0.717) is 0 Å². The number of benzene rings is 12. The van der Waals surface area contributed by atoms with E-state index in [2.05, 4.69) is 218 Å². The molecule has 0 aliphatic heterocycles. The molecule has 2 aliphatic rings. The Labute approximate surface area is 478 Å². The average Bonchev–Trinajstić information content (AvgIpc) is 1.77. The van der Waals surface area contributed by atoms with Crippen molar-refractivity contribution in [1.29, 1.82) is 0 Å². The molecule has 3 aromatic heterocycles. The molecule has 0 saturated heterocycles. The lowest BCUT2D eigenvalue weighted by atomic mass is 9.55. The van der Waals surface area contributed by atoms with Gasteiger partial charge < -0.3 is 9.80 Å². The molecule has 0 radical (unpaired) electrons. The van der Waals surface area contributed by atoms with E-state index in [4.69, 9.17) is 0 Å². The first-order chi connectivity index (χ1) is 39.8. The van der Waals surface area contributed by atoms with Crippen molar-refractivity contribution in [3.8, 4) is 11.1 Å². The lowest BCUT2D eigenvalue weighted by Gasteiger charge is -2.47. The van der Waals surface area contributed by atoms with Gasteiger partial charge in [0.05, 0.1) is 37.6 Å². The molecule has 81 heavy (non-hydrogen) atoms. The minimum atomic E-state index is -0.874. The molecule has 3 heterocycles. The summed E-state index contributed by atoms with van der Waals surface area (Å²) in [6.07, 6.45) is 0. The van der Waals surface area contributed by atoms with Crippen molar-refractivity contribution in [2.75, 3.05) is 9.80 Å². The van der Waals surface area contributed by atoms with Crippen molar-refractivity contribution in [2.45, 2.75) is 24.7 Å². The van der Waals surface area contributed by atoms with E-state index in [1.807, 2.05) is 35.6 Å². The third-order valence-corrected chi connectivity index (χ3v) is 21.2. The molecular weight excluding hydrogens is 1050 g/mol. The third kappa shape index (κ3) is 6.45. The van der Waals surface area contributed by atoms with Gasteiger partial charge in [0.15, 0.2) is 0 Å². The van der Waals surface area contributed by atoms with Crippen molar-refractivity contribution >= 4 is 139 Å². The molecular formula is C74H46F2N2S3. The highest BCUT2D eigenvalue weighted by Crippen LogP contribution is 2.68. The van der Waals surface area contributed by atoms with Crippen LogP contribution in [-0.2, 0) is 10.8 Å². The molecule has 0 unspecified atom stereocenters. The Morgan fingerprint density at radius 3 is 1.25 bits per heavy atom. The Morgan fingerprint density at radius 2 is 0.704 bits per heavy atom. The molecule has 0 amide bonds. The van der Waals surface area contributed by atoms with Crippen molar-refractivity contribution in [3.05, 3.63) is 288 Å². The minimum Gasteiger partial charge on any atom is -0.308 e. The van der Waals surface area contributed by atoms with Gasteiger partial charge in [-0.1, -0.05) is 166 Å². The Hall–Kier alpha value is -8.98. The fourth-order valence-corrected chi connectivity index (χ4v) is 17.9. The minimum absolute atomic E-state index is 0.285. The van der Waals surface area contributed by atoms with Gasteiger partial charge in [0.25, 0.3) is 0 Å². The highest BCUT2D eigenvalue weighted by atomic mass is 32.1. The Kier molecular flexibility index (Phi) is 9.99. The first-order valence-corrected chi connectivity index (χ1v) is 29.9. The Bertz CT molecular complexity index is 5090. The summed E-state index contributed by atoms with van der Waals surface area (Å²) in [7, 11) is 0. The first kappa shape index (κ1) is 46.9. The molecule has 0 saturated carbocycles. The van der Waals surface area contributed by atoms with E-state index < -0.39 is 5.41 Å². The van der Waals surface area contributed by atoms with Gasteiger partial charge >= 0.3 is 0 Å². The lowest BCUT2D eigenvalue weighted by molar-refractivity contribution is 0.563. The zero-order chi connectivity index (χ0) is 53.9. The molecule has 0 N–H and O–H groups in total. The van der Waals surface area contributed by atoms with E-state index >= 15 is 8.78 Å². The quantitative estimate of drug-likeness (QED) is 0.164. The second-order valence-electron chi connectivity index (χ2n) is 22.1. The van der Waals surface area contributed by atoms with Crippen LogP contribution in [0.5, 0.6) is 0 Å². The molecule has 7 heteroatoms. The third-order valence-electron chi connectivity index (χ3n) is 17.6. The standard InChI is InChI=1S/C74H46F2N2S3/c1-73(2)54-24-8-10-26-56(54)74(57-27-11-9-25-55(57)73)58-41-62(77(45-37-33-43(75)34-38-45)60-28-15-22-51-48-18-5-12-30-64(48)79-70(51)60)47-17-3-4-20-50(47)67(58)69-59(74)42-63(68-53-21-7-14-32-66(53)81-72(68)69)78(46-39-35-44(76)36-40-46)61-29-16-23-52-49-19-6-13-31-65(49)80-71(52)61/h3-42H,1-2H3. The van der Waals surface area contributed by atoms with Crippen molar-refractivity contribution in [1.82, 2.24) is 0 Å². The van der Waals surface area contributed by atoms with Crippen LogP contribution < -0.4 is 9.80 Å². The number of thiophene rings is 3. The van der Waals surface area contributed by atoms with Crippen LogP contribution in [0.3, 0.4) is 0 Å². The van der Waals surface area contributed by atoms with Crippen molar-refractivity contribution < 1.29 is 8.78 Å². The van der Waals surface area contributed by atoms with Gasteiger partial charge in [0, 0.05) is 78.9 Å².